The smallest absolute Gasteiger partial charge is 0.214 e. The van der Waals surface area contributed by atoms with Gasteiger partial charge in [0.2, 0.25) is 5.95 Å². The Hall–Kier alpha value is -1.55. The zero-order valence-corrected chi connectivity index (χ0v) is 8.60. The number of hydrogen-bond acceptors (Lipinski definition) is 1. The normalized spacial score (nSPS) is 10.5. The fraction of sp³-hybridized carbons (Fsp3) is 0. The monoisotopic (exact) mass is 243 g/mol. The van der Waals surface area contributed by atoms with Crippen molar-refractivity contribution in [2.24, 2.45) is 0 Å². The molecular formula is C11H5ClF3N. The maximum atomic E-state index is 13.3. The molecule has 0 unspecified atom stereocenters. The summed E-state index contributed by atoms with van der Waals surface area (Å²) in [6, 6.07) is 6.54. The highest BCUT2D eigenvalue weighted by atomic mass is 35.5. The molecule has 0 bridgehead atoms. The van der Waals surface area contributed by atoms with Crippen molar-refractivity contribution in [2.75, 3.05) is 0 Å². The molecule has 0 fully saturated rings. The standard InChI is InChI=1S/C11H5ClF3N/c12-7-3-1-2-6(4-7)10-8(13)5-9(14)11(15)16-10/h1-5H. The summed E-state index contributed by atoms with van der Waals surface area (Å²) in [5, 5.41) is 0.364. The number of hydrogen-bond donors (Lipinski definition) is 0. The van der Waals surface area contributed by atoms with E-state index in [0.29, 0.717) is 16.7 Å². The van der Waals surface area contributed by atoms with Gasteiger partial charge in [0.25, 0.3) is 0 Å². The van der Waals surface area contributed by atoms with E-state index in [1.54, 1.807) is 12.1 Å². The molecule has 0 saturated carbocycles. The lowest BCUT2D eigenvalue weighted by molar-refractivity contribution is 0.466. The largest absolute Gasteiger partial charge is 0.249 e. The fourth-order valence-electron chi connectivity index (χ4n) is 1.28. The molecule has 1 heterocycles. The van der Waals surface area contributed by atoms with E-state index in [9.17, 15) is 13.2 Å². The van der Waals surface area contributed by atoms with Gasteiger partial charge in [-0.05, 0) is 12.1 Å². The highest BCUT2D eigenvalue weighted by molar-refractivity contribution is 6.30. The van der Waals surface area contributed by atoms with Gasteiger partial charge in [0.05, 0.1) is 0 Å². The van der Waals surface area contributed by atoms with Crippen LogP contribution in [-0.2, 0) is 0 Å². The van der Waals surface area contributed by atoms with Crippen LogP contribution in [0.2, 0.25) is 5.02 Å². The van der Waals surface area contributed by atoms with Gasteiger partial charge in [-0.2, -0.15) is 4.39 Å². The van der Waals surface area contributed by atoms with Crippen molar-refractivity contribution in [3.8, 4) is 11.3 Å². The van der Waals surface area contributed by atoms with Crippen LogP contribution in [-0.4, -0.2) is 4.98 Å². The first-order valence-corrected chi connectivity index (χ1v) is 4.73. The number of aromatic nitrogens is 1. The maximum Gasteiger partial charge on any atom is 0.249 e. The molecule has 0 aliphatic rings. The summed E-state index contributed by atoms with van der Waals surface area (Å²) in [6.45, 7) is 0. The fourth-order valence-corrected chi connectivity index (χ4v) is 1.47. The van der Waals surface area contributed by atoms with Crippen LogP contribution in [0.3, 0.4) is 0 Å². The molecular weight excluding hydrogens is 239 g/mol. The number of pyridine rings is 1. The zero-order valence-electron chi connectivity index (χ0n) is 7.85. The molecule has 2 aromatic rings. The van der Waals surface area contributed by atoms with Gasteiger partial charge in [-0.25, -0.2) is 13.8 Å². The quantitative estimate of drug-likeness (QED) is 0.694. The molecule has 0 atom stereocenters. The van der Waals surface area contributed by atoms with Crippen LogP contribution in [0.25, 0.3) is 11.3 Å². The Kier molecular flexibility index (Phi) is 2.83. The van der Waals surface area contributed by atoms with Crippen LogP contribution in [0, 0.1) is 17.6 Å². The van der Waals surface area contributed by atoms with Crippen LogP contribution in [0.1, 0.15) is 0 Å². The maximum absolute atomic E-state index is 13.3. The molecule has 0 amide bonds. The highest BCUT2D eigenvalue weighted by Gasteiger charge is 2.13. The second-order valence-corrected chi connectivity index (χ2v) is 3.54. The second-order valence-electron chi connectivity index (χ2n) is 3.10. The van der Waals surface area contributed by atoms with Gasteiger partial charge in [0.15, 0.2) is 11.6 Å². The number of halogens is 4. The predicted octanol–water partition coefficient (Wildman–Crippen LogP) is 3.82. The van der Waals surface area contributed by atoms with E-state index >= 15 is 0 Å². The summed E-state index contributed by atoms with van der Waals surface area (Å²) in [5.74, 6) is -3.58. The van der Waals surface area contributed by atoms with Crippen molar-refractivity contribution < 1.29 is 13.2 Å². The van der Waals surface area contributed by atoms with Crippen LogP contribution < -0.4 is 0 Å². The summed E-state index contributed by atoms with van der Waals surface area (Å²) in [6.07, 6.45) is 0. The van der Waals surface area contributed by atoms with Crippen molar-refractivity contribution >= 4 is 11.6 Å². The van der Waals surface area contributed by atoms with E-state index in [1.165, 1.54) is 12.1 Å². The predicted molar refractivity (Wildman–Crippen MR) is 54.6 cm³/mol. The molecule has 0 saturated heterocycles. The average molecular weight is 244 g/mol. The van der Waals surface area contributed by atoms with Crippen molar-refractivity contribution in [3.05, 3.63) is 52.9 Å². The number of benzene rings is 1. The van der Waals surface area contributed by atoms with Gasteiger partial charge in [-0.1, -0.05) is 23.7 Å². The van der Waals surface area contributed by atoms with E-state index < -0.39 is 17.6 Å². The summed E-state index contributed by atoms with van der Waals surface area (Å²) >= 11 is 5.70. The SMILES string of the molecule is Fc1cc(F)c(-c2cccc(Cl)c2)nc1F. The third kappa shape index (κ3) is 2.02. The second kappa shape index (κ2) is 4.14. The molecule has 5 heteroatoms. The number of nitrogens with zero attached hydrogens (tertiary/aromatic N) is 1. The molecule has 2 rings (SSSR count). The molecule has 82 valence electrons. The summed E-state index contributed by atoms with van der Waals surface area (Å²) < 4.78 is 38.8. The van der Waals surface area contributed by atoms with Crippen molar-refractivity contribution in [1.82, 2.24) is 4.98 Å². The Labute approximate surface area is 94.5 Å². The van der Waals surface area contributed by atoms with E-state index in [-0.39, 0.29) is 5.69 Å². The van der Waals surface area contributed by atoms with Crippen LogP contribution >= 0.6 is 11.6 Å². The minimum atomic E-state index is -1.34. The molecule has 0 spiro atoms. The Morgan fingerprint density at radius 3 is 2.44 bits per heavy atom. The van der Waals surface area contributed by atoms with Gasteiger partial charge >= 0.3 is 0 Å². The zero-order chi connectivity index (χ0) is 11.7. The Morgan fingerprint density at radius 1 is 1.00 bits per heavy atom. The molecule has 0 N–H and O–H groups in total. The molecule has 0 aliphatic heterocycles. The lowest BCUT2D eigenvalue weighted by atomic mass is 10.1. The highest BCUT2D eigenvalue weighted by Crippen LogP contribution is 2.24. The summed E-state index contributed by atoms with van der Waals surface area (Å²) in [4.78, 5) is 3.21. The van der Waals surface area contributed by atoms with E-state index in [1.807, 2.05) is 0 Å². The first kappa shape index (κ1) is 11.0. The van der Waals surface area contributed by atoms with Gasteiger partial charge < -0.3 is 0 Å². The van der Waals surface area contributed by atoms with Gasteiger partial charge in [0.1, 0.15) is 5.69 Å². The summed E-state index contributed by atoms with van der Waals surface area (Å²) in [5.41, 5.74) is 0.0327. The molecule has 0 radical (unpaired) electrons. The third-order valence-electron chi connectivity index (χ3n) is 1.98. The van der Waals surface area contributed by atoms with Crippen LogP contribution in [0.15, 0.2) is 30.3 Å². The van der Waals surface area contributed by atoms with Crippen LogP contribution in [0.4, 0.5) is 13.2 Å². The minimum absolute atomic E-state index is 0.263. The number of rotatable bonds is 1. The van der Waals surface area contributed by atoms with Crippen molar-refractivity contribution in [1.29, 1.82) is 0 Å². The van der Waals surface area contributed by atoms with Crippen molar-refractivity contribution in [3.63, 3.8) is 0 Å². The first-order chi connectivity index (χ1) is 7.58. The van der Waals surface area contributed by atoms with Gasteiger partial charge in [0, 0.05) is 16.7 Å². The van der Waals surface area contributed by atoms with Gasteiger partial charge in [-0.15, -0.1) is 0 Å². The Bertz CT molecular complexity index is 543. The molecule has 1 aromatic carbocycles. The average Bonchev–Trinajstić information content (AvgIpc) is 2.23. The van der Waals surface area contributed by atoms with Crippen LogP contribution in [0.5, 0.6) is 0 Å². The lowest BCUT2D eigenvalue weighted by Gasteiger charge is -2.03. The Morgan fingerprint density at radius 2 is 1.75 bits per heavy atom. The first-order valence-electron chi connectivity index (χ1n) is 4.35. The van der Waals surface area contributed by atoms with E-state index in [4.69, 9.17) is 11.6 Å². The lowest BCUT2D eigenvalue weighted by Crippen LogP contribution is -1.96. The third-order valence-corrected chi connectivity index (χ3v) is 2.22. The summed E-state index contributed by atoms with van der Waals surface area (Å²) in [7, 11) is 0. The molecule has 16 heavy (non-hydrogen) atoms. The molecule has 1 nitrogen and oxygen atoms in total. The minimum Gasteiger partial charge on any atom is -0.214 e. The van der Waals surface area contributed by atoms with E-state index in [0.717, 1.165) is 0 Å². The molecule has 0 aliphatic carbocycles. The molecule has 1 aromatic heterocycles. The van der Waals surface area contributed by atoms with E-state index in [2.05, 4.69) is 4.98 Å². The van der Waals surface area contributed by atoms with Crippen molar-refractivity contribution in [2.45, 2.75) is 0 Å². The van der Waals surface area contributed by atoms with Gasteiger partial charge in [-0.3, -0.25) is 0 Å². The topological polar surface area (TPSA) is 12.9 Å². The Balaban J connectivity index is 2.60.